The molecule has 0 radical (unpaired) electrons. The number of hydrogen-bond acceptors (Lipinski definition) is 2. The fraction of sp³-hybridized carbons (Fsp3) is 0.538. The van der Waals surface area contributed by atoms with Crippen LogP contribution in [0, 0.1) is 13.8 Å². The first-order valence-corrected chi connectivity index (χ1v) is 5.42. The van der Waals surface area contributed by atoms with Crippen LogP contribution in [0.3, 0.4) is 0 Å². The van der Waals surface area contributed by atoms with E-state index in [1.54, 1.807) is 0 Å². The molecule has 0 aliphatic heterocycles. The molecule has 0 saturated heterocycles. The van der Waals surface area contributed by atoms with Crippen molar-refractivity contribution in [3.8, 4) is 0 Å². The monoisotopic (exact) mass is 207 g/mol. The lowest BCUT2D eigenvalue weighted by Gasteiger charge is -2.23. The van der Waals surface area contributed by atoms with E-state index in [2.05, 4.69) is 36.9 Å². The van der Waals surface area contributed by atoms with E-state index in [4.69, 9.17) is 5.11 Å². The topological polar surface area (TPSA) is 23.5 Å². The van der Waals surface area contributed by atoms with Crippen molar-refractivity contribution in [3.63, 3.8) is 0 Å². The molecule has 2 heteroatoms. The predicted octanol–water partition coefficient (Wildman–Crippen LogP) is 2.12. The van der Waals surface area contributed by atoms with Crippen LogP contribution in [0.5, 0.6) is 0 Å². The summed E-state index contributed by atoms with van der Waals surface area (Å²) in [7, 11) is 2.04. The van der Waals surface area contributed by atoms with E-state index in [0.717, 1.165) is 6.54 Å². The van der Waals surface area contributed by atoms with E-state index in [9.17, 15) is 0 Å². The number of likely N-dealkylation sites (N-methyl/N-ethyl adjacent to an activating group) is 1. The smallest absolute Gasteiger partial charge is 0.0584 e. The van der Waals surface area contributed by atoms with E-state index in [1.807, 2.05) is 14.0 Å². The highest BCUT2D eigenvalue weighted by molar-refractivity contribution is 5.29. The van der Waals surface area contributed by atoms with Crippen LogP contribution >= 0.6 is 0 Å². The highest BCUT2D eigenvalue weighted by atomic mass is 16.3. The van der Waals surface area contributed by atoms with E-state index >= 15 is 0 Å². The molecule has 1 aromatic rings. The Morgan fingerprint density at radius 1 is 1.27 bits per heavy atom. The molecule has 1 N–H and O–H groups in total. The molecule has 0 bridgehead atoms. The first kappa shape index (κ1) is 12.2. The van der Waals surface area contributed by atoms with Crippen molar-refractivity contribution in [1.82, 2.24) is 4.90 Å². The molecule has 0 fully saturated rings. The third-order valence-electron chi connectivity index (χ3n) is 3.02. The average Bonchev–Trinajstić information content (AvgIpc) is 2.22. The van der Waals surface area contributed by atoms with Crippen molar-refractivity contribution < 1.29 is 5.11 Å². The number of rotatable bonds is 4. The third-order valence-corrected chi connectivity index (χ3v) is 3.02. The number of aliphatic hydroxyl groups is 1. The van der Waals surface area contributed by atoms with Crippen molar-refractivity contribution in [2.75, 3.05) is 13.7 Å². The van der Waals surface area contributed by atoms with Gasteiger partial charge in [0.1, 0.15) is 0 Å². The lowest BCUT2D eigenvalue weighted by atomic mass is 10.1. The first-order valence-electron chi connectivity index (χ1n) is 5.42. The molecule has 1 unspecified atom stereocenters. The summed E-state index contributed by atoms with van der Waals surface area (Å²) in [4.78, 5) is 2.16. The SMILES string of the molecule is Cc1ccc(CN(C)C(C)CO)cc1C. The van der Waals surface area contributed by atoms with Gasteiger partial charge in [-0.2, -0.15) is 0 Å². The van der Waals surface area contributed by atoms with E-state index in [1.165, 1.54) is 16.7 Å². The van der Waals surface area contributed by atoms with E-state index < -0.39 is 0 Å². The molecular weight excluding hydrogens is 186 g/mol. The Labute approximate surface area is 92.5 Å². The van der Waals surface area contributed by atoms with E-state index in [0.29, 0.717) is 0 Å². The first-order chi connectivity index (χ1) is 7.04. The van der Waals surface area contributed by atoms with Crippen LogP contribution in [-0.2, 0) is 6.54 Å². The van der Waals surface area contributed by atoms with Crippen molar-refractivity contribution in [2.24, 2.45) is 0 Å². The van der Waals surface area contributed by atoms with Gasteiger partial charge in [0, 0.05) is 12.6 Å². The maximum atomic E-state index is 9.04. The van der Waals surface area contributed by atoms with Gasteiger partial charge in [0.15, 0.2) is 0 Å². The van der Waals surface area contributed by atoms with Crippen LogP contribution < -0.4 is 0 Å². The van der Waals surface area contributed by atoms with Gasteiger partial charge in [-0.25, -0.2) is 0 Å². The molecule has 15 heavy (non-hydrogen) atoms. The molecule has 0 aromatic heterocycles. The molecule has 84 valence electrons. The Balaban J connectivity index is 2.68. The second-order valence-electron chi connectivity index (χ2n) is 4.37. The number of aryl methyl sites for hydroxylation is 2. The Kier molecular flexibility index (Phi) is 4.30. The summed E-state index contributed by atoms with van der Waals surface area (Å²) >= 11 is 0. The fourth-order valence-corrected chi connectivity index (χ4v) is 1.49. The second-order valence-corrected chi connectivity index (χ2v) is 4.37. The Hall–Kier alpha value is -0.860. The molecule has 0 amide bonds. The summed E-state index contributed by atoms with van der Waals surface area (Å²) in [6.07, 6.45) is 0. The highest BCUT2D eigenvalue weighted by Crippen LogP contribution is 2.12. The minimum atomic E-state index is 0.210. The van der Waals surface area contributed by atoms with Crippen molar-refractivity contribution >= 4 is 0 Å². The van der Waals surface area contributed by atoms with Crippen LogP contribution in [0.15, 0.2) is 18.2 Å². The predicted molar refractivity (Wildman–Crippen MR) is 63.9 cm³/mol. The fourth-order valence-electron chi connectivity index (χ4n) is 1.49. The molecule has 0 spiro atoms. The molecule has 0 heterocycles. The molecular formula is C13H21NO. The van der Waals surface area contributed by atoms with Gasteiger partial charge in [0.2, 0.25) is 0 Å². The van der Waals surface area contributed by atoms with Crippen molar-refractivity contribution in [2.45, 2.75) is 33.4 Å². The van der Waals surface area contributed by atoms with Gasteiger partial charge in [-0.1, -0.05) is 18.2 Å². The van der Waals surface area contributed by atoms with Gasteiger partial charge in [-0.05, 0) is 44.5 Å². The zero-order valence-electron chi connectivity index (χ0n) is 10.1. The van der Waals surface area contributed by atoms with Gasteiger partial charge in [-0.15, -0.1) is 0 Å². The Morgan fingerprint density at radius 2 is 1.93 bits per heavy atom. The summed E-state index contributed by atoms with van der Waals surface area (Å²) in [6, 6.07) is 6.74. The molecule has 0 aliphatic carbocycles. The zero-order valence-corrected chi connectivity index (χ0v) is 10.1. The summed E-state index contributed by atoms with van der Waals surface area (Å²) in [5, 5.41) is 9.04. The van der Waals surface area contributed by atoms with Gasteiger partial charge >= 0.3 is 0 Å². The standard InChI is InChI=1S/C13H21NO/c1-10-5-6-13(7-11(10)2)8-14(4)12(3)9-15/h5-7,12,15H,8-9H2,1-4H3. The molecule has 1 rings (SSSR count). The minimum absolute atomic E-state index is 0.210. The Bertz CT molecular complexity index is 322. The summed E-state index contributed by atoms with van der Waals surface area (Å²) in [5.74, 6) is 0. The zero-order chi connectivity index (χ0) is 11.4. The number of nitrogens with zero attached hydrogens (tertiary/aromatic N) is 1. The van der Waals surface area contributed by atoms with Crippen molar-refractivity contribution in [1.29, 1.82) is 0 Å². The van der Waals surface area contributed by atoms with Crippen LogP contribution in [-0.4, -0.2) is 29.7 Å². The summed E-state index contributed by atoms with van der Waals surface area (Å²) < 4.78 is 0. The van der Waals surface area contributed by atoms with Crippen LogP contribution in [0.25, 0.3) is 0 Å². The van der Waals surface area contributed by atoms with Crippen molar-refractivity contribution in [3.05, 3.63) is 34.9 Å². The summed E-state index contributed by atoms with van der Waals surface area (Å²) in [5.41, 5.74) is 3.97. The number of aliphatic hydroxyl groups excluding tert-OH is 1. The van der Waals surface area contributed by atoms with Gasteiger partial charge in [0.25, 0.3) is 0 Å². The Morgan fingerprint density at radius 3 is 2.47 bits per heavy atom. The lowest BCUT2D eigenvalue weighted by molar-refractivity contribution is 0.154. The average molecular weight is 207 g/mol. The number of hydrogen-bond donors (Lipinski definition) is 1. The van der Waals surface area contributed by atoms with Crippen LogP contribution in [0.2, 0.25) is 0 Å². The maximum absolute atomic E-state index is 9.04. The van der Waals surface area contributed by atoms with Gasteiger partial charge < -0.3 is 5.11 Å². The third kappa shape index (κ3) is 3.33. The van der Waals surface area contributed by atoms with E-state index in [-0.39, 0.29) is 12.6 Å². The minimum Gasteiger partial charge on any atom is -0.395 e. The highest BCUT2D eigenvalue weighted by Gasteiger charge is 2.08. The normalized spacial score (nSPS) is 13.2. The van der Waals surface area contributed by atoms with Crippen LogP contribution in [0.4, 0.5) is 0 Å². The largest absolute Gasteiger partial charge is 0.395 e. The quantitative estimate of drug-likeness (QED) is 0.817. The molecule has 0 saturated carbocycles. The lowest BCUT2D eigenvalue weighted by Crippen LogP contribution is -2.31. The molecule has 2 nitrogen and oxygen atoms in total. The number of benzene rings is 1. The maximum Gasteiger partial charge on any atom is 0.0584 e. The van der Waals surface area contributed by atoms with Gasteiger partial charge in [-0.3, -0.25) is 4.90 Å². The molecule has 0 aliphatic rings. The summed E-state index contributed by atoms with van der Waals surface area (Å²) in [6.45, 7) is 7.39. The van der Waals surface area contributed by atoms with Crippen LogP contribution in [0.1, 0.15) is 23.6 Å². The second kappa shape index (κ2) is 5.29. The van der Waals surface area contributed by atoms with Gasteiger partial charge in [0.05, 0.1) is 6.61 Å². The molecule has 1 aromatic carbocycles. The molecule has 1 atom stereocenters.